The van der Waals surface area contributed by atoms with Crippen LogP contribution in [0.3, 0.4) is 0 Å². The van der Waals surface area contributed by atoms with Gasteiger partial charge in [0, 0.05) is 18.5 Å². The molecular formula is C19H25N3O2S. The van der Waals surface area contributed by atoms with Crippen LogP contribution in [-0.4, -0.2) is 35.0 Å². The molecule has 2 aromatic rings. The van der Waals surface area contributed by atoms with Gasteiger partial charge < -0.3 is 4.74 Å². The number of likely N-dealkylation sites (tertiary alicyclic amines) is 1. The largest absolute Gasteiger partial charge is 0.481 e. The van der Waals surface area contributed by atoms with Crippen molar-refractivity contribution in [3.05, 3.63) is 41.4 Å². The molecule has 1 aromatic heterocycles. The minimum Gasteiger partial charge on any atom is -0.481 e. The molecule has 0 radical (unpaired) electrons. The molecule has 6 heteroatoms. The molecule has 2 atom stereocenters. The number of rotatable bonds is 6. The second-order valence-electron chi connectivity index (χ2n) is 6.69. The lowest BCUT2D eigenvalue weighted by Crippen LogP contribution is -2.33. The fourth-order valence-electron chi connectivity index (χ4n) is 3.06. The van der Waals surface area contributed by atoms with Gasteiger partial charge in [-0.3, -0.25) is 15.0 Å². The van der Waals surface area contributed by atoms with Crippen LogP contribution in [0.15, 0.2) is 35.7 Å². The molecule has 2 heterocycles. The monoisotopic (exact) mass is 359 g/mol. The van der Waals surface area contributed by atoms with Crippen molar-refractivity contribution in [2.75, 3.05) is 18.4 Å². The number of para-hydroxylation sites is 1. The smallest absolute Gasteiger partial charge is 0.266 e. The van der Waals surface area contributed by atoms with Crippen LogP contribution < -0.4 is 10.1 Å². The number of thiazole rings is 1. The summed E-state index contributed by atoms with van der Waals surface area (Å²) in [6.07, 6.45) is 2.00. The Bertz CT molecular complexity index is 689. The number of ether oxygens (including phenoxy) is 1. The van der Waals surface area contributed by atoms with E-state index in [9.17, 15) is 4.79 Å². The van der Waals surface area contributed by atoms with Crippen molar-refractivity contribution < 1.29 is 9.53 Å². The molecule has 5 nitrogen and oxygen atoms in total. The standard InChI is InChI=1S/C19H25N3O2S/c1-14-7-6-10-22(11-14)12-16-13-25-19(20-16)21-18(23)15(2)24-17-8-4-3-5-9-17/h3-5,8-9,13-15H,6-7,10-12H2,1-2H3,(H,20,21,23). The summed E-state index contributed by atoms with van der Waals surface area (Å²) in [6.45, 7) is 7.15. The third kappa shape index (κ3) is 5.28. The summed E-state index contributed by atoms with van der Waals surface area (Å²) in [5.41, 5.74) is 1.02. The van der Waals surface area contributed by atoms with E-state index < -0.39 is 6.10 Å². The molecule has 0 saturated carbocycles. The zero-order chi connectivity index (χ0) is 17.6. The number of anilines is 1. The molecular weight excluding hydrogens is 334 g/mol. The Kier molecular flexibility index (Phi) is 6.04. The number of hydrogen-bond acceptors (Lipinski definition) is 5. The highest BCUT2D eigenvalue weighted by atomic mass is 32.1. The minimum atomic E-state index is -0.572. The number of carbonyl (C=O) groups excluding carboxylic acids is 1. The lowest BCUT2D eigenvalue weighted by Gasteiger charge is -2.30. The predicted molar refractivity (Wildman–Crippen MR) is 101 cm³/mol. The Hall–Kier alpha value is -1.92. The lowest BCUT2D eigenvalue weighted by atomic mass is 10.0. The van der Waals surface area contributed by atoms with Gasteiger partial charge in [0.25, 0.3) is 5.91 Å². The van der Waals surface area contributed by atoms with E-state index in [1.54, 1.807) is 6.92 Å². The first-order chi connectivity index (χ1) is 12.1. The van der Waals surface area contributed by atoms with E-state index in [0.717, 1.165) is 31.2 Å². The van der Waals surface area contributed by atoms with Crippen molar-refractivity contribution in [1.29, 1.82) is 0 Å². The Balaban J connectivity index is 1.51. The predicted octanol–water partition coefficient (Wildman–Crippen LogP) is 3.78. The van der Waals surface area contributed by atoms with Gasteiger partial charge in [-0.2, -0.15) is 0 Å². The third-order valence-electron chi connectivity index (χ3n) is 4.33. The number of benzene rings is 1. The number of nitrogens with one attached hydrogen (secondary N) is 1. The topological polar surface area (TPSA) is 54.5 Å². The van der Waals surface area contributed by atoms with Crippen molar-refractivity contribution in [2.24, 2.45) is 5.92 Å². The Morgan fingerprint density at radius 2 is 2.24 bits per heavy atom. The van der Waals surface area contributed by atoms with Gasteiger partial charge in [0.2, 0.25) is 0 Å². The summed E-state index contributed by atoms with van der Waals surface area (Å²) in [4.78, 5) is 19.3. The van der Waals surface area contributed by atoms with Crippen molar-refractivity contribution in [3.8, 4) is 5.75 Å². The first-order valence-corrected chi connectivity index (χ1v) is 9.67. The van der Waals surface area contributed by atoms with E-state index in [1.807, 2.05) is 35.7 Å². The van der Waals surface area contributed by atoms with Gasteiger partial charge in [-0.15, -0.1) is 11.3 Å². The van der Waals surface area contributed by atoms with E-state index >= 15 is 0 Å². The number of carbonyl (C=O) groups is 1. The molecule has 1 saturated heterocycles. The molecule has 3 rings (SSSR count). The van der Waals surface area contributed by atoms with E-state index in [0.29, 0.717) is 10.9 Å². The van der Waals surface area contributed by atoms with E-state index in [1.165, 1.54) is 24.2 Å². The molecule has 25 heavy (non-hydrogen) atoms. The zero-order valence-corrected chi connectivity index (χ0v) is 15.6. The summed E-state index contributed by atoms with van der Waals surface area (Å²) < 4.78 is 5.65. The first-order valence-electron chi connectivity index (χ1n) is 8.79. The van der Waals surface area contributed by atoms with Gasteiger partial charge in [0.15, 0.2) is 11.2 Å². The van der Waals surface area contributed by atoms with Crippen LogP contribution in [0.4, 0.5) is 5.13 Å². The zero-order valence-electron chi connectivity index (χ0n) is 14.8. The van der Waals surface area contributed by atoms with Crippen LogP contribution in [0, 0.1) is 5.92 Å². The van der Waals surface area contributed by atoms with Crippen LogP contribution in [-0.2, 0) is 11.3 Å². The van der Waals surface area contributed by atoms with Crippen molar-refractivity contribution in [1.82, 2.24) is 9.88 Å². The molecule has 0 bridgehead atoms. The molecule has 0 spiro atoms. The van der Waals surface area contributed by atoms with Crippen LogP contribution in [0.2, 0.25) is 0 Å². The fraction of sp³-hybridized carbons (Fsp3) is 0.474. The summed E-state index contributed by atoms with van der Waals surface area (Å²) in [5.74, 6) is 1.25. The van der Waals surface area contributed by atoms with Crippen LogP contribution in [0.5, 0.6) is 5.75 Å². The summed E-state index contributed by atoms with van der Waals surface area (Å²) >= 11 is 1.47. The second-order valence-corrected chi connectivity index (χ2v) is 7.55. The maximum atomic E-state index is 12.3. The van der Waals surface area contributed by atoms with Gasteiger partial charge in [-0.05, 0) is 44.4 Å². The molecule has 0 aliphatic carbocycles. The highest BCUT2D eigenvalue weighted by molar-refractivity contribution is 7.13. The van der Waals surface area contributed by atoms with Gasteiger partial charge in [-0.1, -0.05) is 25.1 Å². The van der Waals surface area contributed by atoms with E-state index in [4.69, 9.17) is 4.74 Å². The number of nitrogens with zero attached hydrogens (tertiary/aromatic N) is 2. The van der Waals surface area contributed by atoms with Gasteiger partial charge in [0.05, 0.1) is 5.69 Å². The highest BCUT2D eigenvalue weighted by Crippen LogP contribution is 2.21. The second kappa shape index (κ2) is 8.45. The maximum Gasteiger partial charge on any atom is 0.266 e. The molecule has 2 unspecified atom stereocenters. The summed E-state index contributed by atoms with van der Waals surface area (Å²) in [5, 5.41) is 5.51. The third-order valence-corrected chi connectivity index (χ3v) is 5.14. The number of amides is 1. The number of aromatic nitrogens is 1. The molecule has 1 amide bonds. The van der Waals surface area contributed by atoms with Crippen molar-refractivity contribution in [3.63, 3.8) is 0 Å². The van der Waals surface area contributed by atoms with Crippen LogP contribution in [0.25, 0.3) is 0 Å². The molecule has 1 aliphatic rings. The van der Waals surface area contributed by atoms with Gasteiger partial charge >= 0.3 is 0 Å². The summed E-state index contributed by atoms with van der Waals surface area (Å²) in [6, 6.07) is 9.36. The van der Waals surface area contributed by atoms with Crippen LogP contribution >= 0.6 is 11.3 Å². The van der Waals surface area contributed by atoms with Gasteiger partial charge in [-0.25, -0.2) is 4.98 Å². The number of piperidine rings is 1. The maximum absolute atomic E-state index is 12.3. The highest BCUT2D eigenvalue weighted by Gasteiger charge is 2.19. The van der Waals surface area contributed by atoms with E-state index in [-0.39, 0.29) is 5.91 Å². The molecule has 134 valence electrons. The quantitative estimate of drug-likeness (QED) is 0.853. The fourth-order valence-corrected chi connectivity index (χ4v) is 3.76. The van der Waals surface area contributed by atoms with E-state index in [2.05, 4.69) is 22.1 Å². The lowest BCUT2D eigenvalue weighted by molar-refractivity contribution is -0.122. The average molecular weight is 359 g/mol. The summed E-state index contributed by atoms with van der Waals surface area (Å²) in [7, 11) is 0. The normalized spacial score (nSPS) is 19.4. The van der Waals surface area contributed by atoms with Gasteiger partial charge in [0.1, 0.15) is 5.75 Å². The minimum absolute atomic E-state index is 0.184. The Morgan fingerprint density at radius 3 is 3.00 bits per heavy atom. The molecule has 1 aliphatic heterocycles. The first kappa shape index (κ1) is 17.9. The van der Waals surface area contributed by atoms with Crippen molar-refractivity contribution in [2.45, 2.75) is 39.3 Å². The average Bonchev–Trinajstić information content (AvgIpc) is 3.02. The van der Waals surface area contributed by atoms with Crippen molar-refractivity contribution >= 4 is 22.4 Å². The Labute approximate surface area is 153 Å². The molecule has 1 N–H and O–H groups in total. The number of hydrogen-bond donors (Lipinski definition) is 1. The van der Waals surface area contributed by atoms with Crippen LogP contribution in [0.1, 0.15) is 32.4 Å². The Morgan fingerprint density at radius 1 is 1.44 bits per heavy atom. The molecule has 1 aromatic carbocycles. The molecule has 1 fully saturated rings. The SMILES string of the molecule is CC1CCCN(Cc2csc(NC(=O)C(C)Oc3ccccc3)n2)C1.